The second-order valence-corrected chi connectivity index (χ2v) is 5.59. The van der Waals surface area contributed by atoms with E-state index in [0.717, 1.165) is 0 Å². The largest absolute Gasteiger partial charge is 0.485 e. The Morgan fingerprint density at radius 2 is 2.21 bits per heavy atom. The summed E-state index contributed by atoms with van der Waals surface area (Å²) in [4.78, 5) is 29.3. The molecule has 1 amide bonds. The van der Waals surface area contributed by atoms with Gasteiger partial charge in [-0.3, -0.25) is 9.59 Å². The molecule has 8 heteroatoms. The number of rotatable bonds is 5. The predicted octanol–water partition coefficient (Wildman–Crippen LogP) is 1.50. The summed E-state index contributed by atoms with van der Waals surface area (Å²) in [7, 11) is 0. The van der Waals surface area contributed by atoms with Crippen LogP contribution in [-0.4, -0.2) is 45.1 Å². The highest BCUT2D eigenvalue weighted by Crippen LogP contribution is 2.24. The lowest BCUT2D eigenvalue weighted by Crippen LogP contribution is -2.30. The second kappa shape index (κ2) is 6.69. The van der Waals surface area contributed by atoms with Gasteiger partial charge in [0.25, 0.3) is 5.91 Å². The van der Waals surface area contributed by atoms with E-state index < -0.39 is 11.9 Å². The Bertz CT molecular complexity index is 758. The number of aliphatic carboxylic acids is 1. The lowest BCUT2D eigenvalue weighted by atomic mass is 10.1. The summed E-state index contributed by atoms with van der Waals surface area (Å²) in [5.74, 6) is -0.384. The number of aromatic nitrogens is 2. The van der Waals surface area contributed by atoms with Gasteiger partial charge in [-0.05, 0) is 18.6 Å². The zero-order chi connectivity index (χ0) is 17.1. The number of carbonyl (C=O) groups excluding carboxylic acids is 1. The van der Waals surface area contributed by atoms with E-state index in [1.54, 1.807) is 36.1 Å². The van der Waals surface area contributed by atoms with Crippen molar-refractivity contribution < 1.29 is 24.0 Å². The summed E-state index contributed by atoms with van der Waals surface area (Å²) in [6.45, 7) is 2.40. The predicted molar refractivity (Wildman–Crippen MR) is 81.5 cm³/mol. The maximum atomic E-state index is 12.7. The van der Waals surface area contributed by atoms with E-state index in [4.69, 9.17) is 14.4 Å². The summed E-state index contributed by atoms with van der Waals surface area (Å²) in [5, 5.41) is 12.8. The molecule has 1 aliphatic rings. The van der Waals surface area contributed by atoms with Gasteiger partial charge in [-0.2, -0.15) is 4.98 Å². The van der Waals surface area contributed by atoms with Crippen LogP contribution in [0.4, 0.5) is 0 Å². The molecule has 0 bridgehead atoms. The lowest BCUT2D eigenvalue weighted by molar-refractivity contribution is -0.141. The molecule has 8 nitrogen and oxygen atoms in total. The van der Waals surface area contributed by atoms with E-state index in [-0.39, 0.29) is 19.1 Å². The first-order chi connectivity index (χ1) is 11.5. The fourth-order valence-corrected chi connectivity index (χ4v) is 2.63. The normalized spacial score (nSPS) is 17.0. The van der Waals surface area contributed by atoms with E-state index in [2.05, 4.69) is 10.1 Å². The van der Waals surface area contributed by atoms with Crippen LogP contribution in [0.5, 0.6) is 5.75 Å². The molecule has 0 radical (unpaired) electrons. The van der Waals surface area contributed by atoms with Crippen molar-refractivity contribution in [2.24, 2.45) is 5.92 Å². The van der Waals surface area contributed by atoms with Crippen molar-refractivity contribution in [3.05, 3.63) is 41.5 Å². The molecule has 2 aromatic rings. The highest BCUT2D eigenvalue weighted by atomic mass is 16.5. The molecule has 2 heterocycles. The topological polar surface area (TPSA) is 106 Å². The number of para-hydroxylation sites is 1. The third kappa shape index (κ3) is 3.37. The number of nitrogens with zero attached hydrogens (tertiary/aromatic N) is 3. The average Bonchev–Trinajstić information content (AvgIpc) is 3.22. The molecule has 24 heavy (non-hydrogen) atoms. The third-order valence-electron chi connectivity index (χ3n) is 3.87. The summed E-state index contributed by atoms with van der Waals surface area (Å²) in [6, 6.07) is 6.85. The number of ether oxygens (including phenoxy) is 1. The first kappa shape index (κ1) is 16.0. The lowest BCUT2D eigenvalue weighted by Gasteiger charge is -2.18. The minimum Gasteiger partial charge on any atom is -0.485 e. The van der Waals surface area contributed by atoms with Crippen LogP contribution in [-0.2, 0) is 11.4 Å². The average molecular weight is 331 g/mol. The monoisotopic (exact) mass is 331 g/mol. The zero-order valence-electron chi connectivity index (χ0n) is 13.1. The molecule has 1 aliphatic heterocycles. The number of amides is 1. The highest BCUT2D eigenvalue weighted by Gasteiger charge is 2.32. The maximum Gasteiger partial charge on any atom is 0.308 e. The Hall–Kier alpha value is -2.90. The van der Waals surface area contributed by atoms with Crippen molar-refractivity contribution in [2.75, 3.05) is 13.1 Å². The van der Waals surface area contributed by atoms with Crippen LogP contribution in [0.25, 0.3) is 0 Å². The quantitative estimate of drug-likeness (QED) is 0.885. The Kier molecular flexibility index (Phi) is 4.45. The molecule has 126 valence electrons. The minimum atomic E-state index is -0.873. The van der Waals surface area contributed by atoms with Crippen LogP contribution in [0.1, 0.15) is 28.5 Å². The van der Waals surface area contributed by atoms with Gasteiger partial charge in [0.15, 0.2) is 6.61 Å². The summed E-state index contributed by atoms with van der Waals surface area (Å²) >= 11 is 0. The first-order valence-electron chi connectivity index (χ1n) is 7.57. The van der Waals surface area contributed by atoms with Gasteiger partial charge in [0, 0.05) is 20.0 Å². The maximum absolute atomic E-state index is 12.7. The van der Waals surface area contributed by atoms with Crippen LogP contribution < -0.4 is 4.74 Å². The number of aryl methyl sites for hydroxylation is 1. The van der Waals surface area contributed by atoms with Crippen LogP contribution in [0.3, 0.4) is 0 Å². The van der Waals surface area contributed by atoms with Crippen LogP contribution in [0.2, 0.25) is 0 Å². The number of carboxylic acids is 1. The molecular formula is C16H17N3O5. The summed E-state index contributed by atoms with van der Waals surface area (Å²) < 4.78 is 10.5. The fraction of sp³-hybridized carbons (Fsp3) is 0.375. The van der Waals surface area contributed by atoms with Gasteiger partial charge in [-0.15, -0.1) is 0 Å². The van der Waals surface area contributed by atoms with Crippen molar-refractivity contribution in [2.45, 2.75) is 20.0 Å². The van der Waals surface area contributed by atoms with Gasteiger partial charge < -0.3 is 19.3 Å². The second-order valence-electron chi connectivity index (χ2n) is 5.59. The zero-order valence-corrected chi connectivity index (χ0v) is 13.1. The standard InChI is InChI=1S/C16H17N3O5/c1-10-17-14(18-24-10)9-23-13-5-3-2-4-12(13)15(20)19-7-6-11(8-19)16(21)22/h2-5,11H,6-9H2,1H3,(H,21,22). The highest BCUT2D eigenvalue weighted by molar-refractivity contribution is 5.97. The van der Waals surface area contributed by atoms with Crippen molar-refractivity contribution in [3.63, 3.8) is 0 Å². The molecule has 0 aliphatic carbocycles. The smallest absolute Gasteiger partial charge is 0.308 e. The first-order valence-corrected chi connectivity index (χ1v) is 7.57. The molecule has 1 aromatic carbocycles. The molecular weight excluding hydrogens is 314 g/mol. The third-order valence-corrected chi connectivity index (χ3v) is 3.87. The Labute approximate surface area is 138 Å². The van der Waals surface area contributed by atoms with Crippen LogP contribution in [0, 0.1) is 12.8 Å². The molecule has 1 unspecified atom stereocenters. The van der Waals surface area contributed by atoms with E-state index >= 15 is 0 Å². The number of carbonyl (C=O) groups is 2. The molecule has 0 saturated carbocycles. The van der Waals surface area contributed by atoms with Gasteiger partial charge in [0.05, 0.1) is 11.5 Å². The molecule has 1 aromatic heterocycles. The Balaban J connectivity index is 1.71. The van der Waals surface area contributed by atoms with Crippen LogP contribution in [0.15, 0.2) is 28.8 Å². The molecule has 0 spiro atoms. The summed E-state index contributed by atoms with van der Waals surface area (Å²) in [5.41, 5.74) is 0.392. The van der Waals surface area contributed by atoms with Gasteiger partial charge in [0.2, 0.25) is 11.7 Å². The Morgan fingerprint density at radius 3 is 2.88 bits per heavy atom. The number of carboxylic acid groups (broad SMARTS) is 1. The SMILES string of the molecule is Cc1nc(COc2ccccc2C(=O)N2CCC(C(=O)O)C2)no1. The van der Waals surface area contributed by atoms with E-state index in [0.29, 0.717) is 36.0 Å². The number of hydrogen-bond donors (Lipinski definition) is 1. The molecule has 3 rings (SSSR count). The fourth-order valence-electron chi connectivity index (χ4n) is 2.63. The molecule has 1 atom stereocenters. The van der Waals surface area contributed by atoms with Crippen LogP contribution >= 0.6 is 0 Å². The molecule has 1 fully saturated rings. The molecule has 1 saturated heterocycles. The minimum absolute atomic E-state index is 0.0827. The number of hydrogen-bond acceptors (Lipinski definition) is 6. The van der Waals surface area contributed by atoms with Gasteiger partial charge in [-0.1, -0.05) is 17.3 Å². The van der Waals surface area contributed by atoms with Crippen molar-refractivity contribution in [1.29, 1.82) is 0 Å². The van der Waals surface area contributed by atoms with Gasteiger partial charge >= 0.3 is 5.97 Å². The van der Waals surface area contributed by atoms with E-state index in [1.807, 2.05) is 0 Å². The van der Waals surface area contributed by atoms with E-state index in [1.165, 1.54) is 0 Å². The van der Waals surface area contributed by atoms with Gasteiger partial charge in [0.1, 0.15) is 5.75 Å². The van der Waals surface area contributed by atoms with Crippen molar-refractivity contribution >= 4 is 11.9 Å². The van der Waals surface area contributed by atoms with Crippen molar-refractivity contribution in [1.82, 2.24) is 15.0 Å². The van der Waals surface area contributed by atoms with Crippen molar-refractivity contribution in [3.8, 4) is 5.75 Å². The summed E-state index contributed by atoms with van der Waals surface area (Å²) in [6.07, 6.45) is 0.465. The van der Waals surface area contributed by atoms with E-state index in [9.17, 15) is 9.59 Å². The number of benzene rings is 1. The Morgan fingerprint density at radius 1 is 1.42 bits per heavy atom. The molecule has 1 N–H and O–H groups in total. The number of likely N-dealkylation sites (tertiary alicyclic amines) is 1. The van der Waals surface area contributed by atoms with Gasteiger partial charge in [-0.25, -0.2) is 0 Å².